The summed E-state index contributed by atoms with van der Waals surface area (Å²) in [7, 11) is 1.34. The van der Waals surface area contributed by atoms with Crippen LogP contribution in [0.25, 0.3) is 0 Å². The van der Waals surface area contributed by atoms with Crippen molar-refractivity contribution in [1.82, 2.24) is 20.6 Å². The average Bonchev–Trinajstić information content (AvgIpc) is 2.67. The van der Waals surface area contributed by atoms with Gasteiger partial charge in [-0.25, -0.2) is 15.3 Å². The first kappa shape index (κ1) is 22.1. The van der Waals surface area contributed by atoms with Crippen LogP contribution in [0, 0.1) is 10.1 Å². The van der Waals surface area contributed by atoms with Gasteiger partial charge in [0.25, 0.3) is 11.5 Å². The number of carbonyl (C=O) groups excluding carboxylic acids is 1. The number of benzene rings is 1. The number of nitrogens with one attached hydrogen (secondary N) is 4. The molecule has 0 saturated heterocycles. The van der Waals surface area contributed by atoms with Gasteiger partial charge in [0.15, 0.2) is 5.75 Å². The van der Waals surface area contributed by atoms with E-state index in [4.69, 9.17) is 9.47 Å². The van der Waals surface area contributed by atoms with Crippen LogP contribution in [0.5, 0.6) is 11.5 Å². The summed E-state index contributed by atoms with van der Waals surface area (Å²) in [6, 6.07) is 2.68. The van der Waals surface area contributed by atoms with Gasteiger partial charge in [0, 0.05) is 11.6 Å². The zero-order valence-electron chi connectivity index (χ0n) is 16.2. The smallest absolute Gasteiger partial charge is 0.342 e. The number of amides is 1. The molecule has 160 valence electrons. The van der Waals surface area contributed by atoms with Gasteiger partial charge in [0.1, 0.15) is 0 Å². The molecule has 0 spiro atoms. The number of nitro benzene ring substituents is 1. The number of carbonyl (C=O) groups is 1. The second-order valence-electron chi connectivity index (χ2n) is 6.00. The van der Waals surface area contributed by atoms with Crippen LogP contribution in [0.4, 0.5) is 11.5 Å². The molecule has 0 fully saturated rings. The van der Waals surface area contributed by atoms with Gasteiger partial charge in [-0.3, -0.25) is 24.7 Å². The van der Waals surface area contributed by atoms with E-state index in [0.29, 0.717) is 0 Å². The van der Waals surface area contributed by atoms with Gasteiger partial charge in [-0.2, -0.15) is 5.10 Å². The fourth-order valence-electron chi connectivity index (χ4n) is 2.17. The van der Waals surface area contributed by atoms with Crippen LogP contribution in [0.2, 0.25) is 0 Å². The Hall–Kier alpha value is -4.23. The highest BCUT2D eigenvalue weighted by Crippen LogP contribution is 2.38. The number of nitrogens with zero attached hydrogens (tertiary/aromatic N) is 3. The Morgan fingerprint density at radius 1 is 1.40 bits per heavy atom. The summed E-state index contributed by atoms with van der Waals surface area (Å²) in [6.45, 7) is 3.07. The number of aromatic nitrogens is 3. The number of methoxy groups -OCH3 is 1. The molecule has 1 heterocycles. The number of rotatable bonds is 9. The number of aromatic amines is 2. The summed E-state index contributed by atoms with van der Waals surface area (Å²) >= 11 is 0. The molecule has 0 saturated carbocycles. The van der Waals surface area contributed by atoms with Crippen molar-refractivity contribution < 1.29 is 19.2 Å². The third kappa shape index (κ3) is 5.88. The number of hydrogen-bond acceptors (Lipinski definition) is 10. The van der Waals surface area contributed by atoms with Crippen LogP contribution >= 0.6 is 0 Å². The number of ether oxygens (including phenoxy) is 2. The monoisotopic (exact) mass is 421 g/mol. The van der Waals surface area contributed by atoms with Crippen LogP contribution in [0.1, 0.15) is 19.4 Å². The molecule has 14 heteroatoms. The van der Waals surface area contributed by atoms with Crippen LogP contribution in [-0.4, -0.2) is 52.0 Å². The topological polar surface area (TPSA) is 194 Å². The van der Waals surface area contributed by atoms with Gasteiger partial charge in [0.05, 0.1) is 30.9 Å². The van der Waals surface area contributed by atoms with Crippen molar-refractivity contribution in [3.8, 4) is 11.5 Å². The van der Waals surface area contributed by atoms with Crippen molar-refractivity contribution in [3.05, 3.63) is 48.6 Å². The number of H-pyrrole nitrogens is 2. The predicted octanol–water partition coefficient (Wildman–Crippen LogP) is -0.276. The van der Waals surface area contributed by atoms with Crippen LogP contribution in [0.3, 0.4) is 0 Å². The Morgan fingerprint density at radius 2 is 2.13 bits per heavy atom. The molecule has 0 bridgehead atoms. The Labute approximate surface area is 168 Å². The highest BCUT2D eigenvalue weighted by atomic mass is 16.6. The van der Waals surface area contributed by atoms with E-state index in [2.05, 4.69) is 20.9 Å². The maximum Gasteiger partial charge on any atom is 0.342 e. The molecular weight excluding hydrogens is 402 g/mol. The van der Waals surface area contributed by atoms with E-state index < -0.39 is 22.1 Å². The third-order valence-electron chi connectivity index (χ3n) is 3.36. The van der Waals surface area contributed by atoms with Gasteiger partial charge in [-0.1, -0.05) is 0 Å². The van der Waals surface area contributed by atoms with Gasteiger partial charge >= 0.3 is 11.4 Å². The van der Waals surface area contributed by atoms with E-state index in [0.717, 1.165) is 0 Å². The maximum absolute atomic E-state index is 11.8. The molecule has 4 N–H and O–H groups in total. The molecule has 1 aromatic heterocycles. The van der Waals surface area contributed by atoms with Gasteiger partial charge in [0.2, 0.25) is 11.6 Å². The van der Waals surface area contributed by atoms with Crippen molar-refractivity contribution in [2.75, 3.05) is 19.0 Å². The Balaban J connectivity index is 2.08. The van der Waals surface area contributed by atoms with E-state index in [1.54, 1.807) is 13.8 Å². The van der Waals surface area contributed by atoms with Crippen molar-refractivity contribution in [2.45, 2.75) is 20.0 Å². The molecule has 0 aliphatic carbocycles. The minimum absolute atomic E-state index is 0.0125. The lowest BCUT2D eigenvalue weighted by Crippen LogP contribution is -2.31. The second-order valence-corrected chi connectivity index (χ2v) is 6.00. The highest BCUT2D eigenvalue weighted by molar-refractivity contribution is 5.86. The van der Waals surface area contributed by atoms with E-state index in [9.17, 15) is 24.5 Å². The lowest BCUT2D eigenvalue weighted by molar-refractivity contribution is -0.386. The first-order chi connectivity index (χ1) is 14.2. The lowest BCUT2D eigenvalue weighted by atomic mass is 10.2. The number of hydrogen-bond donors (Lipinski definition) is 4. The normalized spacial score (nSPS) is 10.8. The van der Waals surface area contributed by atoms with Crippen LogP contribution in [0.15, 0.2) is 26.8 Å². The standard InChI is InChI=1S/C16H19N7O7/c1-8(2)30-13-10(23(27)28)4-9(5-11(13)29-3)6-18-20-12(24)7-17-14-15(25)19-16(26)22-21-14/h4-6,8H,7H2,1-3H3,(H,17,21)(H,20,24)(H2,19,22,25,26)/b18-6+. The van der Waals surface area contributed by atoms with E-state index in [1.165, 1.54) is 25.5 Å². The quantitative estimate of drug-likeness (QED) is 0.239. The summed E-state index contributed by atoms with van der Waals surface area (Å²) in [5, 5.41) is 23.0. The summed E-state index contributed by atoms with van der Waals surface area (Å²) in [5.74, 6) is -0.771. The van der Waals surface area contributed by atoms with Crippen LogP contribution < -0.4 is 31.5 Å². The molecule has 2 aromatic rings. The largest absolute Gasteiger partial charge is 0.493 e. The number of hydrazone groups is 1. The molecule has 0 atom stereocenters. The highest BCUT2D eigenvalue weighted by Gasteiger charge is 2.23. The molecule has 14 nitrogen and oxygen atoms in total. The first-order valence-corrected chi connectivity index (χ1v) is 8.49. The van der Waals surface area contributed by atoms with Gasteiger partial charge in [-0.15, -0.1) is 5.10 Å². The molecular formula is C16H19N7O7. The third-order valence-corrected chi connectivity index (χ3v) is 3.36. The van der Waals surface area contributed by atoms with Gasteiger partial charge in [-0.05, 0) is 19.9 Å². The minimum Gasteiger partial charge on any atom is -0.493 e. The molecule has 0 aliphatic heterocycles. The number of nitro groups is 1. The average molecular weight is 421 g/mol. The van der Waals surface area contributed by atoms with E-state index >= 15 is 0 Å². The van der Waals surface area contributed by atoms with Crippen molar-refractivity contribution >= 4 is 23.6 Å². The Kier molecular flexibility index (Phi) is 7.22. The minimum atomic E-state index is -0.793. The van der Waals surface area contributed by atoms with Crippen molar-refractivity contribution in [2.24, 2.45) is 5.10 Å². The molecule has 0 aliphatic rings. The molecule has 2 rings (SSSR count). The Morgan fingerprint density at radius 3 is 2.73 bits per heavy atom. The summed E-state index contributed by atoms with van der Waals surface area (Å²) in [4.78, 5) is 46.8. The second kappa shape index (κ2) is 9.81. The molecule has 0 unspecified atom stereocenters. The zero-order valence-corrected chi connectivity index (χ0v) is 16.2. The number of anilines is 1. The van der Waals surface area contributed by atoms with E-state index in [-0.39, 0.29) is 41.2 Å². The van der Waals surface area contributed by atoms with Crippen molar-refractivity contribution in [1.29, 1.82) is 0 Å². The maximum atomic E-state index is 11.8. The van der Waals surface area contributed by atoms with Crippen LogP contribution in [-0.2, 0) is 4.79 Å². The summed E-state index contributed by atoms with van der Waals surface area (Å²) in [6.07, 6.45) is 0.866. The van der Waals surface area contributed by atoms with Crippen molar-refractivity contribution in [3.63, 3.8) is 0 Å². The zero-order chi connectivity index (χ0) is 22.3. The summed E-state index contributed by atoms with van der Waals surface area (Å²) < 4.78 is 10.6. The first-order valence-electron chi connectivity index (χ1n) is 8.49. The molecule has 30 heavy (non-hydrogen) atoms. The Bertz CT molecular complexity index is 1070. The molecule has 0 radical (unpaired) electrons. The summed E-state index contributed by atoms with van der Waals surface area (Å²) in [5.41, 5.74) is 0.563. The van der Waals surface area contributed by atoms with Gasteiger partial charge < -0.3 is 14.8 Å². The predicted molar refractivity (Wildman–Crippen MR) is 105 cm³/mol. The fourth-order valence-corrected chi connectivity index (χ4v) is 2.17. The molecule has 1 aromatic carbocycles. The SMILES string of the molecule is COc1cc(/C=N/NC(=O)CNc2n[nH]c(=O)[nH]c2=O)cc([N+](=O)[O-])c1OC(C)C. The lowest BCUT2D eigenvalue weighted by Gasteiger charge is -2.14. The molecule has 1 amide bonds. The van der Waals surface area contributed by atoms with E-state index in [1.807, 2.05) is 10.1 Å². The fraction of sp³-hybridized carbons (Fsp3) is 0.312.